The van der Waals surface area contributed by atoms with Crippen molar-refractivity contribution in [3.63, 3.8) is 0 Å². The third-order valence-corrected chi connectivity index (χ3v) is 4.23. The van der Waals surface area contributed by atoms with Crippen molar-refractivity contribution in [2.24, 2.45) is 7.05 Å². The van der Waals surface area contributed by atoms with Gasteiger partial charge in [0.05, 0.1) is 11.1 Å². The topological polar surface area (TPSA) is 38.9 Å². The molecule has 2 rings (SSSR count). The molecule has 0 spiro atoms. The van der Waals surface area contributed by atoms with Gasteiger partial charge in [-0.05, 0) is 41.8 Å². The zero-order valence-corrected chi connectivity index (χ0v) is 14.2. The molecule has 0 aliphatic rings. The fourth-order valence-corrected chi connectivity index (χ4v) is 2.51. The summed E-state index contributed by atoms with van der Waals surface area (Å²) in [6.07, 6.45) is 0. The number of nitrogens with zero attached hydrogens (tertiary/aromatic N) is 5. The lowest BCUT2D eigenvalue weighted by Gasteiger charge is -2.33. The fraction of sp³-hybridized carbons (Fsp3) is 0.714. The van der Waals surface area contributed by atoms with Crippen LogP contribution in [-0.4, -0.2) is 43.9 Å². The number of rotatable bonds is 4. The van der Waals surface area contributed by atoms with Gasteiger partial charge >= 0.3 is 0 Å². The molecule has 2 aromatic rings. The van der Waals surface area contributed by atoms with Crippen LogP contribution in [0.1, 0.15) is 37.7 Å². The summed E-state index contributed by atoms with van der Waals surface area (Å²) in [7, 11) is 6.14. The molecule has 0 aliphatic heterocycles. The van der Waals surface area contributed by atoms with E-state index in [4.69, 9.17) is 16.6 Å². The molecule has 0 radical (unpaired) electrons. The molecule has 1 unspecified atom stereocenters. The lowest BCUT2D eigenvalue weighted by molar-refractivity contribution is 0.169. The Morgan fingerprint density at radius 3 is 2.45 bits per heavy atom. The quantitative estimate of drug-likeness (QED) is 0.815. The van der Waals surface area contributed by atoms with Crippen LogP contribution < -0.4 is 0 Å². The van der Waals surface area contributed by atoms with Crippen LogP contribution in [0.5, 0.6) is 0 Å². The van der Waals surface area contributed by atoms with Gasteiger partial charge in [-0.15, -0.1) is 11.6 Å². The van der Waals surface area contributed by atoms with Gasteiger partial charge in [0.1, 0.15) is 11.3 Å². The Kier molecular flexibility index (Phi) is 3.86. The highest BCUT2D eigenvalue weighted by Crippen LogP contribution is 2.28. The number of fused-ring (bicyclic) bond motifs is 1. The molecule has 2 aromatic heterocycles. The van der Waals surface area contributed by atoms with E-state index >= 15 is 0 Å². The first-order valence-corrected chi connectivity index (χ1v) is 7.30. The van der Waals surface area contributed by atoms with Crippen molar-refractivity contribution in [1.82, 2.24) is 24.2 Å². The average molecular weight is 298 g/mol. The summed E-state index contributed by atoms with van der Waals surface area (Å²) in [5.41, 5.74) is 2.94. The van der Waals surface area contributed by atoms with Crippen LogP contribution in [0.2, 0.25) is 0 Å². The Bertz CT molecular complexity index is 621. The van der Waals surface area contributed by atoms with Gasteiger partial charge < -0.3 is 9.47 Å². The molecule has 0 saturated carbocycles. The van der Waals surface area contributed by atoms with E-state index in [9.17, 15) is 0 Å². The standard InChI is InChI=1S/C14H24ClN5/c1-9(15)12-16-11-10(2)17-19(7)13(11)20(12)8-14(3,4)18(5)6/h9H,8H2,1-7H3. The summed E-state index contributed by atoms with van der Waals surface area (Å²) in [6, 6.07) is 0. The van der Waals surface area contributed by atoms with Gasteiger partial charge in [-0.2, -0.15) is 5.10 Å². The number of hydrogen-bond acceptors (Lipinski definition) is 3. The number of aromatic nitrogens is 4. The van der Waals surface area contributed by atoms with E-state index in [-0.39, 0.29) is 10.9 Å². The smallest absolute Gasteiger partial charge is 0.158 e. The second-order valence-corrected chi connectivity index (χ2v) is 6.91. The molecule has 0 aliphatic carbocycles. The molecule has 0 aromatic carbocycles. The van der Waals surface area contributed by atoms with Crippen molar-refractivity contribution in [2.45, 2.75) is 45.2 Å². The minimum Gasteiger partial charge on any atom is -0.310 e. The molecule has 0 bridgehead atoms. The van der Waals surface area contributed by atoms with Crippen molar-refractivity contribution in [3.8, 4) is 0 Å². The summed E-state index contributed by atoms with van der Waals surface area (Å²) < 4.78 is 4.10. The Hall–Kier alpha value is -1.07. The van der Waals surface area contributed by atoms with Gasteiger partial charge in [-0.25, -0.2) is 4.98 Å². The second kappa shape index (κ2) is 5.04. The lowest BCUT2D eigenvalue weighted by Crippen LogP contribution is -2.42. The zero-order chi connectivity index (χ0) is 15.2. The highest BCUT2D eigenvalue weighted by atomic mass is 35.5. The molecule has 2 heterocycles. The maximum Gasteiger partial charge on any atom is 0.158 e. The fourth-order valence-electron chi connectivity index (χ4n) is 2.34. The lowest BCUT2D eigenvalue weighted by atomic mass is 10.0. The number of likely N-dealkylation sites (N-methyl/N-ethyl adjacent to an activating group) is 1. The molecule has 0 amide bonds. The van der Waals surface area contributed by atoms with Gasteiger partial charge in [-0.3, -0.25) is 4.68 Å². The Labute approximate surface area is 125 Å². The maximum absolute atomic E-state index is 6.32. The number of imidazole rings is 1. The van der Waals surface area contributed by atoms with Crippen LogP contribution in [0.15, 0.2) is 0 Å². The summed E-state index contributed by atoms with van der Waals surface area (Å²) in [4.78, 5) is 6.92. The predicted octanol–water partition coefficient (Wildman–Crippen LogP) is 2.72. The van der Waals surface area contributed by atoms with Gasteiger partial charge in [0.25, 0.3) is 0 Å². The Balaban J connectivity index is 2.63. The molecule has 0 N–H and O–H groups in total. The summed E-state index contributed by atoms with van der Waals surface area (Å²) >= 11 is 6.32. The number of halogens is 1. The van der Waals surface area contributed by atoms with E-state index in [0.29, 0.717) is 0 Å². The van der Waals surface area contributed by atoms with E-state index < -0.39 is 0 Å². The van der Waals surface area contributed by atoms with Crippen LogP contribution in [0, 0.1) is 6.92 Å². The third-order valence-electron chi connectivity index (χ3n) is 4.03. The number of hydrogen-bond donors (Lipinski definition) is 0. The molecule has 5 nitrogen and oxygen atoms in total. The minimum atomic E-state index is -0.125. The summed E-state index contributed by atoms with van der Waals surface area (Å²) in [6.45, 7) is 9.20. The third kappa shape index (κ3) is 2.44. The van der Waals surface area contributed by atoms with Crippen LogP contribution in [0.25, 0.3) is 11.2 Å². The van der Waals surface area contributed by atoms with E-state index in [1.54, 1.807) is 0 Å². The predicted molar refractivity (Wildman–Crippen MR) is 83.3 cm³/mol. The maximum atomic E-state index is 6.32. The normalized spacial score (nSPS) is 14.4. The molecule has 112 valence electrons. The average Bonchev–Trinajstić information content (AvgIpc) is 2.79. The van der Waals surface area contributed by atoms with Gasteiger partial charge in [0.2, 0.25) is 0 Å². The monoisotopic (exact) mass is 297 g/mol. The van der Waals surface area contributed by atoms with Gasteiger partial charge in [0, 0.05) is 19.1 Å². The second-order valence-electron chi connectivity index (χ2n) is 6.26. The highest BCUT2D eigenvalue weighted by molar-refractivity contribution is 6.20. The summed E-state index contributed by atoms with van der Waals surface area (Å²) in [5, 5.41) is 4.34. The SMILES string of the molecule is Cc1nn(C)c2c1nc(C(C)Cl)n2CC(C)(C)N(C)C. The van der Waals surface area contributed by atoms with Crippen molar-refractivity contribution < 1.29 is 0 Å². The van der Waals surface area contributed by atoms with E-state index in [1.807, 2.05) is 25.6 Å². The van der Waals surface area contributed by atoms with E-state index in [1.165, 1.54) is 0 Å². The largest absolute Gasteiger partial charge is 0.310 e. The minimum absolute atomic E-state index is 0.00628. The first kappa shape index (κ1) is 15.3. The highest BCUT2D eigenvalue weighted by Gasteiger charge is 2.27. The first-order valence-electron chi connectivity index (χ1n) is 6.86. The van der Waals surface area contributed by atoms with Crippen LogP contribution >= 0.6 is 11.6 Å². The molecule has 0 fully saturated rings. The van der Waals surface area contributed by atoms with Crippen LogP contribution in [-0.2, 0) is 13.6 Å². The van der Waals surface area contributed by atoms with Crippen LogP contribution in [0.3, 0.4) is 0 Å². The molecular formula is C14H24ClN5. The zero-order valence-electron chi connectivity index (χ0n) is 13.4. The molecule has 6 heteroatoms. The van der Waals surface area contributed by atoms with Gasteiger partial charge in [0.15, 0.2) is 5.65 Å². The molecule has 1 atom stereocenters. The van der Waals surface area contributed by atoms with E-state index in [0.717, 1.165) is 29.2 Å². The molecular weight excluding hydrogens is 274 g/mol. The van der Waals surface area contributed by atoms with Crippen molar-refractivity contribution in [3.05, 3.63) is 11.5 Å². The van der Waals surface area contributed by atoms with E-state index in [2.05, 4.69) is 42.5 Å². The number of alkyl halides is 1. The Morgan fingerprint density at radius 1 is 1.35 bits per heavy atom. The number of aryl methyl sites for hydroxylation is 2. The van der Waals surface area contributed by atoms with Crippen molar-refractivity contribution in [2.75, 3.05) is 14.1 Å². The van der Waals surface area contributed by atoms with Gasteiger partial charge in [-0.1, -0.05) is 0 Å². The van der Waals surface area contributed by atoms with Crippen molar-refractivity contribution >= 4 is 22.8 Å². The van der Waals surface area contributed by atoms with Crippen LogP contribution in [0.4, 0.5) is 0 Å². The van der Waals surface area contributed by atoms with Crippen molar-refractivity contribution in [1.29, 1.82) is 0 Å². The Morgan fingerprint density at radius 2 is 1.95 bits per heavy atom. The molecule has 20 heavy (non-hydrogen) atoms. The molecule has 0 saturated heterocycles. The first-order chi connectivity index (χ1) is 9.15. The summed E-state index contributed by atoms with van der Waals surface area (Å²) in [5.74, 6) is 0.910.